The van der Waals surface area contributed by atoms with E-state index in [4.69, 9.17) is 9.47 Å². The number of amides is 4. The molecule has 0 radical (unpaired) electrons. The molecule has 0 aromatic carbocycles. The van der Waals surface area contributed by atoms with E-state index in [2.05, 4.69) is 0 Å². The van der Waals surface area contributed by atoms with Gasteiger partial charge >= 0.3 is 18.0 Å². The highest BCUT2D eigenvalue weighted by Crippen LogP contribution is 2.36. The fraction of sp³-hybridized carbons (Fsp3) is 0.792. The molecule has 2 aliphatic rings. The van der Waals surface area contributed by atoms with Gasteiger partial charge in [0.15, 0.2) is 0 Å². The summed E-state index contributed by atoms with van der Waals surface area (Å²) in [4.78, 5) is 65.1. The Morgan fingerprint density at radius 1 is 0.914 bits per heavy atom. The minimum absolute atomic E-state index is 0.141. The van der Waals surface area contributed by atoms with Crippen LogP contribution >= 0.6 is 0 Å². The van der Waals surface area contributed by atoms with Gasteiger partial charge in [0.2, 0.25) is 11.8 Å². The summed E-state index contributed by atoms with van der Waals surface area (Å²) in [6, 6.07) is -0.841. The van der Waals surface area contributed by atoms with Crippen LogP contribution in [0, 0.1) is 17.3 Å². The monoisotopic (exact) mass is 498 g/mol. The van der Waals surface area contributed by atoms with Crippen LogP contribution in [0.1, 0.15) is 65.7 Å². The molecule has 11 heteroatoms. The first kappa shape index (κ1) is 28.7. The number of carbonyl (C=O) groups is 5. The number of aliphatic hydroxyl groups excluding tert-OH is 2. The summed E-state index contributed by atoms with van der Waals surface area (Å²) in [6.45, 7) is 4.08. The molecule has 0 spiro atoms. The SMILES string of the molecule is CCC(O)COC(=O)C1CCCCC1C(=O)OCC(O)CN1C(=O)N(C)C(=O)C(CC)(CC)C1=O. The number of nitrogens with zero attached hydrogens (tertiary/aromatic N) is 2. The third-order valence-corrected chi connectivity index (χ3v) is 7.17. The molecular formula is C24H38N2O9. The van der Waals surface area contributed by atoms with Gasteiger partial charge in [-0.15, -0.1) is 0 Å². The maximum atomic E-state index is 13.0. The van der Waals surface area contributed by atoms with Crippen LogP contribution in [0.4, 0.5) is 4.79 Å². The zero-order valence-electron chi connectivity index (χ0n) is 21.0. The second-order valence-corrected chi connectivity index (χ2v) is 9.33. The molecule has 0 aromatic rings. The van der Waals surface area contributed by atoms with Gasteiger partial charge in [0.05, 0.1) is 24.5 Å². The molecule has 1 aliphatic heterocycles. The average molecular weight is 499 g/mol. The molecule has 35 heavy (non-hydrogen) atoms. The van der Waals surface area contributed by atoms with Gasteiger partial charge in [0.25, 0.3) is 0 Å². The second kappa shape index (κ2) is 12.4. The van der Waals surface area contributed by atoms with Crippen LogP contribution in [0.15, 0.2) is 0 Å². The molecular weight excluding hydrogens is 460 g/mol. The predicted molar refractivity (Wildman–Crippen MR) is 123 cm³/mol. The Kier molecular flexibility index (Phi) is 10.2. The molecule has 2 N–H and O–H groups in total. The Bertz CT molecular complexity index is 811. The average Bonchev–Trinajstić information content (AvgIpc) is 2.87. The Morgan fingerprint density at radius 2 is 1.40 bits per heavy atom. The van der Waals surface area contributed by atoms with Gasteiger partial charge in [0.1, 0.15) is 24.7 Å². The zero-order valence-corrected chi connectivity index (χ0v) is 21.0. The van der Waals surface area contributed by atoms with Gasteiger partial charge in [0, 0.05) is 7.05 Å². The Hall–Kier alpha value is -2.53. The number of hydrogen-bond donors (Lipinski definition) is 2. The summed E-state index contributed by atoms with van der Waals surface area (Å²) < 4.78 is 10.4. The highest BCUT2D eigenvalue weighted by atomic mass is 16.6. The largest absolute Gasteiger partial charge is 0.463 e. The third kappa shape index (κ3) is 6.19. The zero-order chi connectivity index (χ0) is 26.3. The number of urea groups is 1. The van der Waals surface area contributed by atoms with Gasteiger partial charge in [-0.2, -0.15) is 0 Å². The molecule has 1 saturated carbocycles. The number of esters is 2. The van der Waals surface area contributed by atoms with E-state index in [0.29, 0.717) is 19.3 Å². The Labute approximate surface area is 205 Å². The van der Waals surface area contributed by atoms with E-state index >= 15 is 0 Å². The van der Waals surface area contributed by atoms with Crippen molar-refractivity contribution in [3.8, 4) is 0 Å². The second-order valence-electron chi connectivity index (χ2n) is 9.33. The quantitative estimate of drug-likeness (QED) is 0.317. The van der Waals surface area contributed by atoms with Crippen molar-refractivity contribution in [3.63, 3.8) is 0 Å². The van der Waals surface area contributed by atoms with Crippen LogP contribution in [0.25, 0.3) is 0 Å². The Morgan fingerprint density at radius 3 is 1.86 bits per heavy atom. The van der Waals surface area contributed by atoms with Crippen LogP contribution in [0.3, 0.4) is 0 Å². The van der Waals surface area contributed by atoms with Crippen molar-refractivity contribution in [1.29, 1.82) is 0 Å². The van der Waals surface area contributed by atoms with Gasteiger partial charge in [-0.3, -0.25) is 29.0 Å². The standard InChI is InChI=1S/C24H38N2O9/c1-5-15(27)13-34-19(29)17-10-8-9-11-18(17)20(30)35-14-16(28)12-26-22(32)24(6-2,7-3)21(31)25(4)23(26)33/h15-18,27-28H,5-14H2,1-4H3. The molecule has 0 aromatic heterocycles. The summed E-state index contributed by atoms with van der Waals surface area (Å²) in [7, 11) is 1.29. The Balaban J connectivity index is 1.99. The number of ether oxygens (including phenoxy) is 2. The van der Waals surface area contributed by atoms with E-state index < -0.39 is 72.4 Å². The lowest BCUT2D eigenvalue weighted by Gasteiger charge is -2.42. The molecule has 0 bridgehead atoms. The van der Waals surface area contributed by atoms with Gasteiger partial charge in [-0.1, -0.05) is 33.6 Å². The van der Waals surface area contributed by atoms with Crippen molar-refractivity contribution in [2.75, 3.05) is 26.8 Å². The molecule has 2 rings (SSSR count). The van der Waals surface area contributed by atoms with Crippen LogP contribution < -0.4 is 0 Å². The first-order valence-electron chi connectivity index (χ1n) is 12.4. The van der Waals surface area contributed by atoms with E-state index in [1.165, 1.54) is 7.05 Å². The van der Waals surface area contributed by atoms with Crippen molar-refractivity contribution in [2.24, 2.45) is 17.3 Å². The fourth-order valence-corrected chi connectivity index (χ4v) is 4.69. The minimum atomic E-state index is -1.37. The normalized spacial score (nSPS) is 24.2. The summed E-state index contributed by atoms with van der Waals surface area (Å²) in [5.41, 5.74) is -1.37. The van der Waals surface area contributed by atoms with Crippen molar-refractivity contribution in [3.05, 3.63) is 0 Å². The number of imide groups is 2. The first-order chi connectivity index (χ1) is 16.5. The molecule has 2 fully saturated rings. The van der Waals surface area contributed by atoms with Crippen molar-refractivity contribution >= 4 is 29.8 Å². The van der Waals surface area contributed by atoms with Crippen LogP contribution in [0.5, 0.6) is 0 Å². The summed E-state index contributed by atoms with van der Waals surface area (Å²) in [5.74, 6) is -3.91. The molecule has 1 saturated heterocycles. The van der Waals surface area contributed by atoms with Gasteiger partial charge in [-0.05, 0) is 32.1 Å². The van der Waals surface area contributed by atoms with E-state index in [-0.39, 0.29) is 19.4 Å². The molecule has 1 heterocycles. The molecule has 11 nitrogen and oxygen atoms in total. The van der Waals surface area contributed by atoms with Crippen LogP contribution in [-0.4, -0.2) is 88.8 Å². The molecule has 4 atom stereocenters. The first-order valence-corrected chi connectivity index (χ1v) is 12.4. The molecule has 1 aliphatic carbocycles. The summed E-state index contributed by atoms with van der Waals surface area (Å²) in [6.07, 6.45) is 1.08. The van der Waals surface area contributed by atoms with Gasteiger partial charge < -0.3 is 19.7 Å². The van der Waals surface area contributed by atoms with Crippen molar-refractivity contribution < 1.29 is 43.7 Å². The van der Waals surface area contributed by atoms with Crippen LogP contribution in [-0.2, 0) is 28.7 Å². The highest BCUT2D eigenvalue weighted by Gasteiger charge is 2.54. The number of carbonyl (C=O) groups excluding carboxylic acids is 5. The third-order valence-electron chi connectivity index (χ3n) is 7.17. The van der Waals surface area contributed by atoms with E-state index in [0.717, 1.165) is 22.6 Å². The summed E-state index contributed by atoms with van der Waals surface area (Å²) in [5, 5.41) is 20.1. The lowest BCUT2D eigenvalue weighted by Crippen LogP contribution is -2.65. The molecule has 4 unspecified atom stereocenters. The number of aliphatic hydroxyl groups is 2. The summed E-state index contributed by atoms with van der Waals surface area (Å²) >= 11 is 0. The van der Waals surface area contributed by atoms with Crippen molar-refractivity contribution in [1.82, 2.24) is 9.80 Å². The van der Waals surface area contributed by atoms with E-state index in [1.54, 1.807) is 20.8 Å². The minimum Gasteiger partial charge on any atom is -0.463 e. The van der Waals surface area contributed by atoms with Crippen LogP contribution in [0.2, 0.25) is 0 Å². The molecule has 4 amide bonds. The lowest BCUT2D eigenvalue weighted by atomic mass is 9.78. The number of β-amino-alcohol motifs (C(OH)–C–C–N with tert-alkyl or cyclic N) is 1. The number of rotatable bonds is 11. The smallest absolute Gasteiger partial charge is 0.333 e. The topological polar surface area (TPSA) is 151 Å². The number of barbiturate groups is 1. The maximum Gasteiger partial charge on any atom is 0.333 e. The number of hydrogen-bond acceptors (Lipinski definition) is 9. The highest BCUT2D eigenvalue weighted by molar-refractivity contribution is 6.18. The predicted octanol–water partition coefficient (Wildman–Crippen LogP) is 1.24. The van der Waals surface area contributed by atoms with E-state index in [9.17, 15) is 34.2 Å². The fourth-order valence-electron chi connectivity index (χ4n) is 4.69. The van der Waals surface area contributed by atoms with E-state index in [1.807, 2.05) is 0 Å². The van der Waals surface area contributed by atoms with Crippen molar-refractivity contribution in [2.45, 2.75) is 77.9 Å². The molecule has 198 valence electrons. The lowest BCUT2D eigenvalue weighted by molar-refractivity contribution is -0.166. The van der Waals surface area contributed by atoms with Gasteiger partial charge in [-0.25, -0.2) is 4.79 Å². The maximum absolute atomic E-state index is 13.0.